The lowest BCUT2D eigenvalue weighted by Gasteiger charge is -2.01. The molecule has 0 unspecified atom stereocenters. The molecule has 3 nitrogen and oxygen atoms in total. The molecular weight excluding hydrogens is 212 g/mol. The Morgan fingerprint density at radius 1 is 0.882 bits per heavy atom. The van der Waals surface area contributed by atoms with E-state index in [1.165, 1.54) is 0 Å². The van der Waals surface area contributed by atoms with Crippen molar-refractivity contribution < 1.29 is 4.79 Å². The highest BCUT2D eigenvalue weighted by molar-refractivity contribution is 5.81. The Kier molecular flexibility index (Phi) is 3.97. The molecule has 86 valence electrons. The third-order valence-electron chi connectivity index (χ3n) is 2.59. The summed E-state index contributed by atoms with van der Waals surface area (Å²) in [6, 6.07) is 7.65. The number of pyridine rings is 2. The van der Waals surface area contributed by atoms with E-state index in [-0.39, 0.29) is 5.78 Å². The molecule has 17 heavy (non-hydrogen) atoms. The zero-order valence-corrected chi connectivity index (χ0v) is 9.54. The van der Waals surface area contributed by atoms with Gasteiger partial charge in [-0.1, -0.05) is 0 Å². The SMILES string of the molecule is O=C(CCc1ccncc1)Cc1ccncc1. The molecule has 0 fully saturated rings. The van der Waals surface area contributed by atoms with Gasteiger partial charge in [0.05, 0.1) is 0 Å². The Balaban J connectivity index is 1.83. The molecular formula is C14H14N2O. The first kappa shape index (κ1) is 11.5. The first-order valence-electron chi connectivity index (χ1n) is 5.64. The molecule has 0 aliphatic carbocycles. The van der Waals surface area contributed by atoms with Crippen LogP contribution in [-0.2, 0) is 17.6 Å². The van der Waals surface area contributed by atoms with Crippen molar-refractivity contribution in [3.63, 3.8) is 0 Å². The van der Waals surface area contributed by atoms with Gasteiger partial charge in [-0.05, 0) is 41.8 Å². The first-order chi connectivity index (χ1) is 8.34. The maximum Gasteiger partial charge on any atom is 0.137 e. The average molecular weight is 226 g/mol. The second-order valence-electron chi connectivity index (χ2n) is 3.93. The summed E-state index contributed by atoms with van der Waals surface area (Å²) in [7, 11) is 0. The summed E-state index contributed by atoms with van der Waals surface area (Å²) < 4.78 is 0. The predicted octanol–water partition coefficient (Wildman–Crippen LogP) is 2.22. The van der Waals surface area contributed by atoms with Crippen LogP contribution >= 0.6 is 0 Å². The topological polar surface area (TPSA) is 42.9 Å². The van der Waals surface area contributed by atoms with E-state index in [9.17, 15) is 4.79 Å². The quantitative estimate of drug-likeness (QED) is 0.785. The summed E-state index contributed by atoms with van der Waals surface area (Å²) in [5, 5.41) is 0. The summed E-state index contributed by atoms with van der Waals surface area (Å²) in [6.07, 6.45) is 8.79. The van der Waals surface area contributed by atoms with Gasteiger partial charge in [0.1, 0.15) is 5.78 Å². The molecule has 0 saturated heterocycles. The molecule has 0 aliphatic heterocycles. The first-order valence-corrected chi connectivity index (χ1v) is 5.64. The van der Waals surface area contributed by atoms with Crippen LogP contribution in [0.5, 0.6) is 0 Å². The number of Topliss-reactive ketones (excluding diaryl/α,β-unsaturated/α-hetero) is 1. The second kappa shape index (κ2) is 5.89. The van der Waals surface area contributed by atoms with Gasteiger partial charge in [-0.15, -0.1) is 0 Å². The average Bonchev–Trinajstić information content (AvgIpc) is 2.39. The number of ketones is 1. The van der Waals surface area contributed by atoms with Crippen molar-refractivity contribution in [1.82, 2.24) is 9.97 Å². The van der Waals surface area contributed by atoms with E-state index in [0.29, 0.717) is 12.8 Å². The number of nitrogens with zero attached hydrogens (tertiary/aromatic N) is 2. The van der Waals surface area contributed by atoms with Crippen LogP contribution in [0.4, 0.5) is 0 Å². The maximum absolute atomic E-state index is 11.7. The lowest BCUT2D eigenvalue weighted by Crippen LogP contribution is -2.04. The molecule has 2 aromatic rings. The highest BCUT2D eigenvalue weighted by atomic mass is 16.1. The Labute approximate surface area is 101 Å². The van der Waals surface area contributed by atoms with E-state index < -0.39 is 0 Å². The van der Waals surface area contributed by atoms with Crippen molar-refractivity contribution in [2.24, 2.45) is 0 Å². The van der Waals surface area contributed by atoms with Crippen LogP contribution in [0.3, 0.4) is 0 Å². The Morgan fingerprint density at radius 3 is 2.00 bits per heavy atom. The molecule has 0 N–H and O–H groups in total. The fraction of sp³-hybridized carbons (Fsp3) is 0.214. The molecule has 0 amide bonds. The van der Waals surface area contributed by atoms with E-state index in [0.717, 1.165) is 17.5 Å². The summed E-state index contributed by atoms with van der Waals surface area (Å²) >= 11 is 0. The largest absolute Gasteiger partial charge is 0.299 e. The van der Waals surface area contributed by atoms with Gasteiger partial charge in [-0.25, -0.2) is 0 Å². The van der Waals surface area contributed by atoms with Crippen LogP contribution in [0.25, 0.3) is 0 Å². The minimum absolute atomic E-state index is 0.257. The van der Waals surface area contributed by atoms with Crippen LogP contribution in [0.1, 0.15) is 17.5 Å². The molecule has 2 heterocycles. The third kappa shape index (κ3) is 3.79. The number of carbonyl (C=O) groups excluding carboxylic acids is 1. The number of aryl methyl sites for hydroxylation is 1. The van der Waals surface area contributed by atoms with E-state index in [2.05, 4.69) is 9.97 Å². The molecule has 2 rings (SSSR count). The van der Waals surface area contributed by atoms with Gasteiger partial charge in [0.25, 0.3) is 0 Å². The number of carbonyl (C=O) groups is 1. The zero-order chi connectivity index (χ0) is 11.9. The van der Waals surface area contributed by atoms with Gasteiger partial charge in [0, 0.05) is 37.6 Å². The number of hydrogen-bond acceptors (Lipinski definition) is 3. The van der Waals surface area contributed by atoms with Crippen LogP contribution in [0, 0.1) is 0 Å². The van der Waals surface area contributed by atoms with Gasteiger partial charge in [-0.2, -0.15) is 0 Å². The maximum atomic E-state index is 11.7. The highest BCUT2D eigenvalue weighted by Gasteiger charge is 2.04. The summed E-state index contributed by atoms with van der Waals surface area (Å²) in [5.74, 6) is 0.257. The number of hydrogen-bond donors (Lipinski definition) is 0. The summed E-state index contributed by atoms with van der Waals surface area (Å²) in [5.41, 5.74) is 2.18. The van der Waals surface area contributed by atoms with Gasteiger partial charge < -0.3 is 0 Å². The van der Waals surface area contributed by atoms with Crippen LogP contribution < -0.4 is 0 Å². The Hall–Kier alpha value is -2.03. The van der Waals surface area contributed by atoms with Crippen molar-refractivity contribution in [3.05, 3.63) is 60.2 Å². The summed E-state index contributed by atoms with van der Waals surface area (Å²) in [6.45, 7) is 0. The highest BCUT2D eigenvalue weighted by Crippen LogP contribution is 2.05. The van der Waals surface area contributed by atoms with Gasteiger partial charge in [-0.3, -0.25) is 14.8 Å². The zero-order valence-electron chi connectivity index (χ0n) is 9.54. The van der Waals surface area contributed by atoms with Gasteiger partial charge >= 0.3 is 0 Å². The molecule has 0 aliphatic rings. The standard InChI is InChI=1S/C14H14N2O/c17-14(11-13-5-9-16-10-6-13)2-1-12-3-7-15-8-4-12/h3-10H,1-2,11H2. The van der Waals surface area contributed by atoms with Crippen molar-refractivity contribution >= 4 is 5.78 Å². The smallest absolute Gasteiger partial charge is 0.137 e. The van der Waals surface area contributed by atoms with E-state index in [1.807, 2.05) is 24.3 Å². The molecule has 0 bridgehead atoms. The molecule has 0 atom stereocenters. The van der Waals surface area contributed by atoms with Crippen LogP contribution in [0.15, 0.2) is 49.1 Å². The third-order valence-corrected chi connectivity index (χ3v) is 2.59. The summed E-state index contributed by atoms with van der Waals surface area (Å²) in [4.78, 5) is 19.6. The van der Waals surface area contributed by atoms with Crippen molar-refractivity contribution in [2.75, 3.05) is 0 Å². The second-order valence-corrected chi connectivity index (χ2v) is 3.93. The van der Waals surface area contributed by atoms with Gasteiger partial charge in [0.2, 0.25) is 0 Å². The fourth-order valence-electron chi connectivity index (χ4n) is 1.65. The minimum atomic E-state index is 0.257. The van der Waals surface area contributed by atoms with Crippen LogP contribution in [0.2, 0.25) is 0 Å². The predicted molar refractivity (Wildman–Crippen MR) is 65.5 cm³/mol. The van der Waals surface area contributed by atoms with E-state index in [4.69, 9.17) is 0 Å². The normalized spacial score (nSPS) is 10.1. The monoisotopic (exact) mass is 226 g/mol. The number of rotatable bonds is 5. The van der Waals surface area contributed by atoms with Crippen molar-refractivity contribution in [3.8, 4) is 0 Å². The van der Waals surface area contributed by atoms with Gasteiger partial charge in [0.15, 0.2) is 0 Å². The molecule has 0 aromatic carbocycles. The molecule has 0 spiro atoms. The molecule has 2 aromatic heterocycles. The molecule has 3 heteroatoms. The lowest BCUT2D eigenvalue weighted by atomic mass is 10.0. The molecule has 0 radical (unpaired) electrons. The Morgan fingerprint density at radius 2 is 1.41 bits per heavy atom. The van der Waals surface area contributed by atoms with E-state index >= 15 is 0 Å². The van der Waals surface area contributed by atoms with Crippen LogP contribution in [-0.4, -0.2) is 15.8 Å². The Bertz CT molecular complexity index is 468. The molecule has 0 saturated carbocycles. The van der Waals surface area contributed by atoms with E-state index in [1.54, 1.807) is 24.8 Å². The number of aromatic nitrogens is 2. The van der Waals surface area contributed by atoms with Crippen molar-refractivity contribution in [2.45, 2.75) is 19.3 Å². The lowest BCUT2D eigenvalue weighted by molar-refractivity contribution is -0.118. The van der Waals surface area contributed by atoms with Crippen molar-refractivity contribution in [1.29, 1.82) is 0 Å². The fourth-order valence-corrected chi connectivity index (χ4v) is 1.65. The minimum Gasteiger partial charge on any atom is -0.299 e.